The second kappa shape index (κ2) is 5.93. The van der Waals surface area contributed by atoms with Crippen LogP contribution >= 0.6 is 11.6 Å². The zero-order valence-electron chi connectivity index (χ0n) is 11.6. The minimum Gasteiger partial charge on any atom is -0.495 e. The summed E-state index contributed by atoms with van der Waals surface area (Å²) in [5, 5.41) is 0.483. The molecule has 1 aromatic carbocycles. The maximum absolute atomic E-state index is 12.3. The average molecular weight is 282 g/mol. The lowest BCUT2D eigenvalue weighted by molar-refractivity contribution is 0.0925. The molecule has 19 heavy (non-hydrogen) atoms. The predicted molar refractivity (Wildman–Crippen MR) is 77.2 cm³/mol. The highest BCUT2D eigenvalue weighted by molar-refractivity contribution is 6.32. The van der Waals surface area contributed by atoms with Crippen molar-refractivity contribution < 1.29 is 9.53 Å². The second-order valence-electron chi connectivity index (χ2n) is 5.39. The number of likely N-dealkylation sites (tertiary alicyclic amines) is 1. The molecule has 0 radical (unpaired) electrons. The van der Waals surface area contributed by atoms with Crippen molar-refractivity contribution in [2.45, 2.75) is 26.3 Å². The zero-order chi connectivity index (χ0) is 14.0. The van der Waals surface area contributed by atoms with Crippen molar-refractivity contribution in [3.63, 3.8) is 0 Å². The number of hydrogen-bond acceptors (Lipinski definition) is 3. The first-order valence-corrected chi connectivity index (χ1v) is 7.00. The number of ketones is 1. The molecule has 0 aromatic heterocycles. The van der Waals surface area contributed by atoms with E-state index in [1.54, 1.807) is 25.3 Å². The molecule has 3 nitrogen and oxygen atoms in total. The third-order valence-electron chi connectivity index (χ3n) is 3.73. The van der Waals surface area contributed by atoms with E-state index in [0.717, 1.165) is 13.0 Å². The molecule has 1 aliphatic rings. The molecule has 2 atom stereocenters. The summed E-state index contributed by atoms with van der Waals surface area (Å²) in [5.41, 5.74) is 0.651. The molecule has 1 aromatic rings. The van der Waals surface area contributed by atoms with Crippen LogP contribution in [0, 0.1) is 5.92 Å². The van der Waals surface area contributed by atoms with Gasteiger partial charge in [-0.2, -0.15) is 0 Å². The van der Waals surface area contributed by atoms with Gasteiger partial charge in [0.05, 0.1) is 18.7 Å². The van der Waals surface area contributed by atoms with Crippen LogP contribution < -0.4 is 4.74 Å². The van der Waals surface area contributed by atoms with Crippen LogP contribution in [0.4, 0.5) is 0 Å². The first-order valence-electron chi connectivity index (χ1n) is 6.62. The van der Waals surface area contributed by atoms with E-state index in [0.29, 0.717) is 34.8 Å². The SMILES string of the molecule is COc1ccc(C(=O)CN2CC(C)CC2C)cc1Cl. The molecule has 2 unspecified atom stereocenters. The molecule has 0 aliphatic carbocycles. The molecule has 0 N–H and O–H groups in total. The highest BCUT2D eigenvalue weighted by Crippen LogP contribution is 2.26. The maximum atomic E-state index is 12.3. The number of ether oxygens (including phenoxy) is 1. The Bertz CT molecular complexity index is 475. The first-order chi connectivity index (χ1) is 9.01. The number of hydrogen-bond donors (Lipinski definition) is 0. The summed E-state index contributed by atoms with van der Waals surface area (Å²) in [7, 11) is 1.57. The quantitative estimate of drug-likeness (QED) is 0.794. The molecule has 4 heteroatoms. The zero-order valence-corrected chi connectivity index (χ0v) is 12.4. The largest absolute Gasteiger partial charge is 0.495 e. The summed E-state index contributed by atoms with van der Waals surface area (Å²) in [6.07, 6.45) is 1.16. The van der Waals surface area contributed by atoms with Crippen molar-refractivity contribution >= 4 is 17.4 Å². The number of Topliss-reactive ketones (excluding diaryl/α,β-unsaturated/α-hetero) is 1. The fourth-order valence-corrected chi connectivity index (χ4v) is 2.98. The predicted octanol–water partition coefficient (Wildman–Crippen LogP) is 3.26. The maximum Gasteiger partial charge on any atom is 0.176 e. The fourth-order valence-electron chi connectivity index (χ4n) is 2.72. The van der Waals surface area contributed by atoms with Gasteiger partial charge < -0.3 is 4.74 Å². The van der Waals surface area contributed by atoms with Crippen LogP contribution in [0.25, 0.3) is 0 Å². The van der Waals surface area contributed by atoms with Gasteiger partial charge in [0.25, 0.3) is 0 Å². The van der Waals surface area contributed by atoms with Crippen LogP contribution in [0.2, 0.25) is 5.02 Å². The average Bonchev–Trinajstić information content (AvgIpc) is 2.67. The van der Waals surface area contributed by atoms with Crippen LogP contribution in [0.5, 0.6) is 5.75 Å². The number of rotatable bonds is 4. The lowest BCUT2D eigenvalue weighted by Crippen LogP contribution is -2.32. The molecule has 0 saturated carbocycles. The molecule has 1 aliphatic heterocycles. The highest BCUT2D eigenvalue weighted by atomic mass is 35.5. The Hall–Kier alpha value is -1.06. The molecule has 0 spiro atoms. The van der Waals surface area contributed by atoms with Crippen molar-refractivity contribution in [1.82, 2.24) is 4.90 Å². The molecular formula is C15H20ClNO2. The normalized spacial score (nSPS) is 23.6. The minimum absolute atomic E-state index is 0.116. The first kappa shape index (κ1) is 14.4. The smallest absolute Gasteiger partial charge is 0.176 e. The summed E-state index contributed by atoms with van der Waals surface area (Å²) in [6.45, 7) is 5.87. The van der Waals surface area contributed by atoms with E-state index >= 15 is 0 Å². The van der Waals surface area contributed by atoms with Crippen molar-refractivity contribution in [3.05, 3.63) is 28.8 Å². The Labute approximate surface area is 119 Å². The molecular weight excluding hydrogens is 262 g/mol. The molecule has 0 amide bonds. The molecule has 0 bridgehead atoms. The van der Waals surface area contributed by atoms with Crippen LogP contribution in [0.3, 0.4) is 0 Å². The number of nitrogens with zero attached hydrogens (tertiary/aromatic N) is 1. The molecule has 104 valence electrons. The number of halogens is 1. The molecule has 1 heterocycles. The number of methoxy groups -OCH3 is 1. The number of carbonyl (C=O) groups is 1. The van der Waals surface area contributed by atoms with E-state index in [1.165, 1.54) is 0 Å². The van der Waals surface area contributed by atoms with Crippen LogP contribution in [0.15, 0.2) is 18.2 Å². The van der Waals surface area contributed by atoms with Crippen molar-refractivity contribution in [1.29, 1.82) is 0 Å². The standard InChI is InChI=1S/C15H20ClNO2/c1-10-6-11(2)17(8-10)9-14(18)12-4-5-15(19-3)13(16)7-12/h4-5,7,10-11H,6,8-9H2,1-3H3. The van der Waals surface area contributed by atoms with Gasteiger partial charge in [0.1, 0.15) is 5.75 Å². The number of benzene rings is 1. The summed E-state index contributed by atoms with van der Waals surface area (Å²) in [5.74, 6) is 1.38. The summed E-state index contributed by atoms with van der Waals surface area (Å²) in [6, 6.07) is 5.68. The van der Waals surface area contributed by atoms with E-state index < -0.39 is 0 Å². The summed E-state index contributed by atoms with van der Waals surface area (Å²) in [4.78, 5) is 14.5. The third-order valence-corrected chi connectivity index (χ3v) is 4.03. The van der Waals surface area contributed by atoms with Gasteiger partial charge in [0.2, 0.25) is 0 Å². The van der Waals surface area contributed by atoms with Gasteiger partial charge in [0.15, 0.2) is 5.78 Å². The van der Waals surface area contributed by atoms with Gasteiger partial charge in [-0.25, -0.2) is 0 Å². The lowest BCUT2D eigenvalue weighted by Gasteiger charge is -2.20. The van der Waals surface area contributed by atoms with Gasteiger partial charge in [-0.1, -0.05) is 18.5 Å². The third kappa shape index (κ3) is 3.28. The summed E-state index contributed by atoms with van der Waals surface area (Å²) < 4.78 is 5.09. The molecule has 2 rings (SSSR count). The van der Waals surface area contributed by atoms with E-state index in [2.05, 4.69) is 18.7 Å². The van der Waals surface area contributed by atoms with Crippen LogP contribution in [-0.2, 0) is 0 Å². The molecule has 1 saturated heterocycles. The van der Waals surface area contributed by atoms with Crippen LogP contribution in [-0.4, -0.2) is 36.9 Å². The van der Waals surface area contributed by atoms with Gasteiger partial charge in [-0.05, 0) is 37.5 Å². The Kier molecular flexibility index (Phi) is 4.48. The molecule has 1 fully saturated rings. The Morgan fingerprint density at radius 3 is 2.74 bits per heavy atom. The van der Waals surface area contributed by atoms with Crippen molar-refractivity contribution in [2.24, 2.45) is 5.92 Å². The monoisotopic (exact) mass is 281 g/mol. The highest BCUT2D eigenvalue weighted by Gasteiger charge is 2.27. The van der Waals surface area contributed by atoms with E-state index in [4.69, 9.17) is 16.3 Å². The fraction of sp³-hybridized carbons (Fsp3) is 0.533. The second-order valence-corrected chi connectivity index (χ2v) is 5.80. The van der Waals surface area contributed by atoms with E-state index in [1.807, 2.05) is 0 Å². The number of carbonyl (C=O) groups excluding carboxylic acids is 1. The Balaban J connectivity index is 2.06. The van der Waals surface area contributed by atoms with Gasteiger partial charge in [-0.3, -0.25) is 9.69 Å². The van der Waals surface area contributed by atoms with Gasteiger partial charge >= 0.3 is 0 Å². The van der Waals surface area contributed by atoms with Gasteiger partial charge in [0, 0.05) is 18.2 Å². The van der Waals surface area contributed by atoms with Crippen molar-refractivity contribution in [3.8, 4) is 5.75 Å². The van der Waals surface area contributed by atoms with Crippen LogP contribution in [0.1, 0.15) is 30.6 Å². The van der Waals surface area contributed by atoms with E-state index in [9.17, 15) is 4.79 Å². The van der Waals surface area contributed by atoms with Crippen molar-refractivity contribution in [2.75, 3.05) is 20.2 Å². The topological polar surface area (TPSA) is 29.5 Å². The Morgan fingerprint density at radius 2 is 2.21 bits per heavy atom. The Morgan fingerprint density at radius 1 is 1.47 bits per heavy atom. The summed E-state index contributed by atoms with van der Waals surface area (Å²) >= 11 is 6.05. The van der Waals surface area contributed by atoms with E-state index in [-0.39, 0.29) is 5.78 Å². The van der Waals surface area contributed by atoms with Gasteiger partial charge in [-0.15, -0.1) is 0 Å². The lowest BCUT2D eigenvalue weighted by atomic mass is 10.1. The minimum atomic E-state index is 0.116.